The van der Waals surface area contributed by atoms with E-state index >= 15 is 0 Å². The predicted molar refractivity (Wildman–Crippen MR) is 69.2 cm³/mol. The molecule has 0 atom stereocenters. The first kappa shape index (κ1) is 13.8. The zero-order chi connectivity index (χ0) is 12.9. The maximum Gasteiger partial charge on any atom is 0.235 e. The first-order chi connectivity index (χ1) is 8.09. The highest BCUT2D eigenvalue weighted by molar-refractivity contribution is 6.27. The third-order valence-corrected chi connectivity index (χ3v) is 3.37. The summed E-state index contributed by atoms with van der Waals surface area (Å²) >= 11 is 5.52. The summed E-state index contributed by atoms with van der Waals surface area (Å²) in [6.07, 6.45) is 1.40. The van der Waals surface area contributed by atoms with Crippen LogP contribution in [0.1, 0.15) is 32.3 Å². The summed E-state index contributed by atoms with van der Waals surface area (Å²) in [6, 6.07) is 7.07. The number of nitrogens with one attached hydrogen (secondary N) is 1. The third kappa shape index (κ3) is 2.91. The van der Waals surface area contributed by atoms with Crippen molar-refractivity contribution in [2.75, 3.05) is 5.88 Å². The Morgan fingerprint density at radius 3 is 2.41 bits per heavy atom. The Morgan fingerprint density at radius 1 is 1.35 bits per heavy atom. The van der Waals surface area contributed by atoms with Crippen molar-refractivity contribution in [2.45, 2.75) is 32.2 Å². The first-order valence-corrected chi connectivity index (χ1v) is 6.28. The molecule has 2 N–H and O–H groups in total. The molecular formula is C13H18ClNO2. The maximum atomic E-state index is 11.5. The van der Waals surface area contributed by atoms with E-state index in [0.29, 0.717) is 12.8 Å². The summed E-state index contributed by atoms with van der Waals surface area (Å²) in [4.78, 5) is 11.5. The van der Waals surface area contributed by atoms with Gasteiger partial charge in [0.15, 0.2) is 0 Å². The van der Waals surface area contributed by atoms with E-state index in [2.05, 4.69) is 5.32 Å². The number of carbonyl (C=O) groups is 1. The predicted octanol–water partition coefficient (Wildman–Crippen LogP) is 2.76. The summed E-state index contributed by atoms with van der Waals surface area (Å²) in [5.74, 6) is -0.0975. The van der Waals surface area contributed by atoms with Crippen LogP contribution in [0.15, 0.2) is 24.3 Å². The molecule has 4 heteroatoms. The summed E-state index contributed by atoms with van der Waals surface area (Å²) < 4.78 is 0. The normalized spacial score (nSPS) is 11.2. The molecule has 1 amide bonds. The molecular weight excluding hydrogens is 238 g/mol. The van der Waals surface area contributed by atoms with Crippen LogP contribution in [0.4, 0.5) is 0 Å². The van der Waals surface area contributed by atoms with Crippen molar-refractivity contribution in [3.63, 3.8) is 0 Å². The number of aromatic hydroxyl groups is 1. The zero-order valence-electron chi connectivity index (χ0n) is 10.2. The van der Waals surface area contributed by atoms with Crippen molar-refractivity contribution in [1.82, 2.24) is 5.32 Å². The van der Waals surface area contributed by atoms with Crippen LogP contribution >= 0.6 is 11.6 Å². The van der Waals surface area contributed by atoms with Crippen molar-refractivity contribution in [2.24, 2.45) is 0 Å². The Bertz CT molecular complexity index is 389. The van der Waals surface area contributed by atoms with Crippen molar-refractivity contribution in [3.05, 3.63) is 29.8 Å². The maximum absolute atomic E-state index is 11.5. The van der Waals surface area contributed by atoms with Gasteiger partial charge in [0.1, 0.15) is 11.6 Å². The number of para-hydroxylation sites is 1. The van der Waals surface area contributed by atoms with Gasteiger partial charge in [-0.3, -0.25) is 4.79 Å². The van der Waals surface area contributed by atoms with Crippen LogP contribution < -0.4 is 5.32 Å². The van der Waals surface area contributed by atoms with E-state index < -0.39 is 5.54 Å². The van der Waals surface area contributed by atoms with Crippen LogP contribution in [0.3, 0.4) is 0 Å². The van der Waals surface area contributed by atoms with Crippen LogP contribution in [0.25, 0.3) is 0 Å². The van der Waals surface area contributed by atoms with E-state index in [1.807, 2.05) is 26.0 Å². The van der Waals surface area contributed by atoms with Crippen LogP contribution in [-0.4, -0.2) is 16.9 Å². The lowest BCUT2D eigenvalue weighted by Crippen LogP contribution is -2.45. The van der Waals surface area contributed by atoms with Crippen LogP contribution in [0.5, 0.6) is 5.75 Å². The standard InChI is InChI=1S/C13H18ClNO2/c1-3-13(4-2,15-12(17)9-14)10-7-5-6-8-11(10)16/h5-8,16H,3-4,9H2,1-2H3,(H,15,17). The number of hydrogen-bond donors (Lipinski definition) is 2. The third-order valence-electron chi connectivity index (χ3n) is 3.13. The lowest BCUT2D eigenvalue weighted by Gasteiger charge is -2.33. The number of benzene rings is 1. The van der Waals surface area contributed by atoms with Crippen LogP contribution in [0.2, 0.25) is 0 Å². The smallest absolute Gasteiger partial charge is 0.235 e. The number of phenolic OH excluding ortho intramolecular Hbond substituents is 1. The lowest BCUT2D eigenvalue weighted by atomic mass is 9.84. The van der Waals surface area contributed by atoms with Gasteiger partial charge in [0.05, 0.1) is 5.54 Å². The number of halogens is 1. The Balaban J connectivity index is 3.15. The summed E-state index contributed by atoms with van der Waals surface area (Å²) in [5.41, 5.74) is 0.195. The molecule has 0 aliphatic heterocycles. The van der Waals surface area contributed by atoms with Gasteiger partial charge in [-0.15, -0.1) is 11.6 Å². The lowest BCUT2D eigenvalue weighted by molar-refractivity contribution is -0.120. The molecule has 0 bridgehead atoms. The van der Waals surface area contributed by atoms with Gasteiger partial charge in [-0.25, -0.2) is 0 Å². The van der Waals surface area contributed by atoms with Crippen molar-refractivity contribution in [1.29, 1.82) is 0 Å². The van der Waals surface area contributed by atoms with Crippen molar-refractivity contribution < 1.29 is 9.90 Å². The number of alkyl halides is 1. The fourth-order valence-electron chi connectivity index (χ4n) is 2.05. The average molecular weight is 256 g/mol. The Labute approximate surface area is 107 Å². The van der Waals surface area contributed by atoms with Crippen molar-refractivity contribution >= 4 is 17.5 Å². The van der Waals surface area contributed by atoms with E-state index in [1.54, 1.807) is 12.1 Å². The highest BCUT2D eigenvalue weighted by Crippen LogP contribution is 2.34. The molecule has 1 aromatic carbocycles. The molecule has 0 aliphatic carbocycles. The Hall–Kier alpha value is -1.22. The van der Waals surface area contributed by atoms with E-state index in [-0.39, 0.29) is 17.5 Å². The minimum Gasteiger partial charge on any atom is -0.508 e. The molecule has 0 saturated heterocycles. The van der Waals surface area contributed by atoms with Gasteiger partial charge >= 0.3 is 0 Å². The molecule has 0 aliphatic rings. The number of rotatable bonds is 5. The fraction of sp³-hybridized carbons (Fsp3) is 0.462. The van der Waals surface area contributed by atoms with Gasteiger partial charge in [-0.05, 0) is 18.9 Å². The monoisotopic (exact) mass is 255 g/mol. The molecule has 94 valence electrons. The second-order valence-electron chi connectivity index (χ2n) is 3.99. The second-order valence-corrected chi connectivity index (χ2v) is 4.26. The molecule has 0 unspecified atom stereocenters. The first-order valence-electron chi connectivity index (χ1n) is 5.75. The van der Waals surface area contributed by atoms with Crippen LogP contribution in [-0.2, 0) is 10.3 Å². The molecule has 17 heavy (non-hydrogen) atoms. The largest absolute Gasteiger partial charge is 0.508 e. The topological polar surface area (TPSA) is 49.3 Å². The minimum absolute atomic E-state index is 0.0741. The fourth-order valence-corrected chi connectivity index (χ4v) is 2.12. The number of hydrogen-bond acceptors (Lipinski definition) is 2. The molecule has 1 rings (SSSR count). The van der Waals surface area contributed by atoms with Gasteiger partial charge in [0, 0.05) is 5.56 Å². The summed E-state index contributed by atoms with van der Waals surface area (Å²) in [5, 5.41) is 12.8. The van der Waals surface area contributed by atoms with Gasteiger partial charge < -0.3 is 10.4 Å². The Kier molecular flexibility index (Phi) is 4.82. The van der Waals surface area contributed by atoms with Crippen molar-refractivity contribution in [3.8, 4) is 5.75 Å². The Morgan fingerprint density at radius 2 is 1.94 bits per heavy atom. The molecule has 0 radical (unpaired) electrons. The quantitative estimate of drug-likeness (QED) is 0.795. The summed E-state index contributed by atoms with van der Waals surface area (Å²) in [6.45, 7) is 3.95. The zero-order valence-corrected chi connectivity index (χ0v) is 10.9. The highest BCUT2D eigenvalue weighted by atomic mass is 35.5. The number of phenols is 1. The molecule has 3 nitrogen and oxygen atoms in total. The highest BCUT2D eigenvalue weighted by Gasteiger charge is 2.32. The van der Waals surface area contributed by atoms with E-state index in [1.165, 1.54) is 0 Å². The molecule has 0 saturated carbocycles. The van der Waals surface area contributed by atoms with E-state index in [0.717, 1.165) is 5.56 Å². The van der Waals surface area contributed by atoms with Gasteiger partial charge in [0.25, 0.3) is 0 Å². The van der Waals surface area contributed by atoms with E-state index in [9.17, 15) is 9.90 Å². The minimum atomic E-state index is -0.544. The van der Waals surface area contributed by atoms with E-state index in [4.69, 9.17) is 11.6 Å². The molecule has 0 aromatic heterocycles. The molecule has 1 aromatic rings. The van der Waals surface area contributed by atoms with Gasteiger partial charge in [-0.1, -0.05) is 32.0 Å². The number of carbonyl (C=O) groups excluding carboxylic acids is 1. The second kappa shape index (κ2) is 5.92. The van der Waals surface area contributed by atoms with Gasteiger partial charge in [0.2, 0.25) is 5.91 Å². The summed E-state index contributed by atoms with van der Waals surface area (Å²) in [7, 11) is 0. The van der Waals surface area contributed by atoms with Gasteiger partial charge in [-0.2, -0.15) is 0 Å². The van der Waals surface area contributed by atoms with Crippen LogP contribution in [0, 0.1) is 0 Å². The number of amides is 1. The molecule has 0 spiro atoms. The molecule has 0 heterocycles. The SMILES string of the molecule is CCC(CC)(NC(=O)CCl)c1ccccc1O. The molecule has 0 fully saturated rings. The average Bonchev–Trinajstić information content (AvgIpc) is 2.36.